The number of rotatable bonds is 3. The Bertz CT molecular complexity index is 627. The summed E-state index contributed by atoms with van der Waals surface area (Å²) in [4.78, 5) is 23.7. The fourth-order valence-electron chi connectivity index (χ4n) is 3.06. The van der Waals surface area contributed by atoms with E-state index in [2.05, 4.69) is 5.32 Å². The Morgan fingerprint density at radius 1 is 1.35 bits per heavy atom. The summed E-state index contributed by atoms with van der Waals surface area (Å²) in [5, 5.41) is 11.5. The van der Waals surface area contributed by atoms with Gasteiger partial charge in [-0.2, -0.15) is 0 Å². The van der Waals surface area contributed by atoms with E-state index >= 15 is 0 Å². The number of carboxylic acid groups (broad SMARTS) is 1. The maximum Gasteiger partial charge on any atom is 0.407 e. The minimum Gasteiger partial charge on any atom is -0.493 e. The van der Waals surface area contributed by atoms with Gasteiger partial charge in [0.25, 0.3) is 0 Å². The minimum absolute atomic E-state index is 0.186. The van der Waals surface area contributed by atoms with E-state index in [1.165, 1.54) is 11.0 Å². The maximum absolute atomic E-state index is 13.8. The summed E-state index contributed by atoms with van der Waals surface area (Å²) in [7, 11) is 0. The first-order valence-corrected chi connectivity index (χ1v) is 7.76. The van der Waals surface area contributed by atoms with Gasteiger partial charge in [-0.15, -0.1) is 0 Å². The number of nitrogens with one attached hydrogen (secondary N) is 1. The number of hydrogen-bond acceptors (Lipinski definition) is 3. The topological polar surface area (TPSA) is 78.9 Å². The molecule has 0 saturated carbocycles. The molecule has 2 heterocycles. The van der Waals surface area contributed by atoms with E-state index in [-0.39, 0.29) is 17.5 Å². The molecular formula is C16H19FN2O4. The predicted octanol–water partition coefficient (Wildman–Crippen LogP) is 2.48. The molecule has 2 amide bonds. The number of likely N-dealkylation sites (tertiary alicyclic amines) is 1. The van der Waals surface area contributed by atoms with Crippen LogP contribution in [-0.2, 0) is 11.2 Å². The van der Waals surface area contributed by atoms with E-state index in [9.17, 15) is 14.0 Å². The van der Waals surface area contributed by atoms with E-state index in [4.69, 9.17) is 9.84 Å². The van der Waals surface area contributed by atoms with Gasteiger partial charge >= 0.3 is 6.09 Å². The van der Waals surface area contributed by atoms with Crippen molar-refractivity contribution < 1.29 is 23.8 Å². The summed E-state index contributed by atoms with van der Waals surface area (Å²) in [6.07, 6.45) is 1.42. The van der Waals surface area contributed by atoms with Gasteiger partial charge in [-0.25, -0.2) is 9.18 Å². The van der Waals surface area contributed by atoms with Crippen LogP contribution in [0.4, 0.5) is 14.9 Å². The van der Waals surface area contributed by atoms with Crippen LogP contribution in [0.5, 0.6) is 5.75 Å². The van der Waals surface area contributed by atoms with Crippen molar-refractivity contribution in [2.75, 3.05) is 25.0 Å². The molecule has 0 bridgehead atoms. The number of anilines is 1. The minimum atomic E-state index is -0.882. The standard InChI is InChI=1S/C16H19FN2O4/c17-12-2-3-13(11-1-4-14(20)18-15(11)12)23-9-10-5-7-19(8-6-10)16(21)22/h2-3,10H,1,4-9H2,(H,18,20)(H,21,22). The summed E-state index contributed by atoms with van der Waals surface area (Å²) in [6, 6.07) is 2.89. The van der Waals surface area contributed by atoms with Gasteiger partial charge in [-0.1, -0.05) is 0 Å². The Balaban J connectivity index is 1.62. The molecule has 3 rings (SSSR count). The number of benzene rings is 1. The second-order valence-electron chi connectivity index (χ2n) is 5.97. The van der Waals surface area contributed by atoms with Crippen molar-refractivity contribution in [3.63, 3.8) is 0 Å². The third-order valence-electron chi connectivity index (χ3n) is 4.45. The quantitative estimate of drug-likeness (QED) is 0.896. The molecule has 2 N–H and O–H groups in total. The van der Waals surface area contributed by atoms with E-state index < -0.39 is 11.9 Å². The second-order valence-corrected chi connectivity index (χ2v) is 5.97. The normalized spacial score (nSPS) is 18.3. The Morgan fingerprint density at radius 2 is 2.09 bits per heavy atom. The Hall–Kier alpha value is -2.31. The molecule has 0 unspecified atom stereocenters. The zero-order chi connectivity index (χ0) is 16.4. The second kappa shape index (κ2) is 6.44. The van der Waals surface area contributed by atoms with Crippen molar-refractivity contribution in [2.45, 2.75) is 25.7 Å². The molecule has 2 aliphatic heterocycles. The highest BCUT2D eigenvalue weighted by atomic mass is 19.1. The molecule has 1 aromatic rings. The molecule has 0 atom stereocenters. The van der Waals surface area contributed by atoms with Gasteiger partial charge in [-0.3, -0.25) is 4.79 Å². The van der Waals surface area contributed by atoms with Gasteiger partial charge < -0.3 is 20.1 Å². The molecule has 0 aliphatic carbocycles. The van der Waals surface area contributed by atoms with Gasteiger partial charge in [0.15, 0.2) is 0 Å². The molecule has 0 aromatic heterocycles. The highest BCUT2D eigenvalue weighted by molar-refractivity contribution is 5.94. The van der Waals surface area contributed by atoms with E-state index in [0.29, 0.717) is 43.9 Å². The summed E-state index contributed by atoms with van der Waals surface area (Å²) >= 11 is 0. The van der Waals surface area contributed by atoms with Gasteiger partial charge in [0.05, 0.1) is 12.3 Å². The predicted molar refractivity (Wildman–Crippen MR) is 81.2 cm³/mol. The first kappa shape index (κ1) is 15.6. The van der Waals surface area contributed by atoms with Crippen LogP contribution in [0.15, 0.2) is 12.1 Å². The summed E-state index contributed by atoms with van der Waals surface area (Å²) in [5.74, 6) is 0.247. The molecule has 0 spiro atoms. The average Bonchev–Trinajstić information content (AvgIpc) is 2.55. The van der Waals surface area contributed by atoms with Gasteiger partial charge in [-0.05, 0) is 37.3 Å². The number of ether oxygens (including phenoxy) is 1. The molecule has 0 radical (unpaired) electrons. The van der Waals surface area contributed by atoms with Crippen LogP contribution in [0.1, 0.15) is 24.8 Å². The Kier molecular flexibility index (Phi) is 4.36. The number of carbonyl (C=O) groups is 2. The van der Waals surface area contributed by atoms with E-state index in [1.54, 1.807) is 6.07 Å². The fraction of sp³-hybridized carbons (Fsp3) is 0.500. The molecule has 6 nitrogen and oxygen atoms in total. The van der Waals surface area contributed by atoms with Crippen molar-refractivity contribution in [2.24, 2.45) is 5.92 Å². The molecule has 124 valence electrons. The third kappa shape index (κ3) is 3.38. The Labute approximate surface area is 133 Å². The number of fused-ring (bicyclic) bond motifs is 1. The van der Waals surface area contributed by atoms with Crippen LogP contribution in [0.2, 0.25) is 0 Å². The monoisotopic (exact) mass is 322 g/mol. The summed E-state index contributed by atoms with van der Waals surface area (Å²) in [6.45, 7) is 1.50. The summed E-state index contributed by atoms with van der Waals surface area (Å²) in [5.41, 5.74) is 0.923. The third-order valence-corrected chi connectivity index (χ3v) is 4.45. The van der Waals surface area contributed by atoms with Crippen LogP contribution < -0.4 is 10.1 Å². The molecule has 23 heavy (non-hydrogen) atoms. The highest BCUT2D eigenvalue weighted by Crippen LogP contribution is 2.34. The van der Waals surface area contributed by atoms with Gasteiger partial charge in [0.2, 0.25) is 5.91 Å². The number of nitrogens with zero attached hydrogens (tertiary/aromatic N) is 1. The number of piperidine rings is 1. The lowest BCUT2D eigenvalue weighted by Crippen LogP contribution is -2.38. The first-order chi connectivity index (χ1) is 11.0. The lowest BCUT2D eigenvalue weighted by molar-refractivity contribution is -0.116. The van der Waals surface area contributed by atoms with E-state index in [0.717, 1.165) is 12.8 Å². The zero-order valence-electron chi connectivity index (χ0n) is 12.7. The van der Waals surface area contributed by atoms with Crippen molar-refractivity contribution in [3.05, 3.63) is 23.5 Å². The highest BCUT2D eigenvalue weighted by Gasteiger charge is 2.25. The van der Waals surface area contributed by atoms with Crippen LogP contribution in [0.3, 0.4) is 0 Å². The van der Waals surface area contributed by atoms with Crippen LogP contribution in [-0.4, -0.2) is 41.7 Å². The number of halogens is 1. The summed E-state index contributed by atoms with van der Waals surface area (Å²) < 4.78 is 19.7. The zero-order valence-corrected chi connectivity index (χ0v) is 12.7. The van der Waals surface area contributed by atoms with Crippen molar-refractivity contribution >= 4 is 17.7 Å². The van der Waals surface area contributed by atoms with Gasteiger partial charge in [0.1, 0.15) is 11.6 Å². The largest absolute Gasteiger partial charge is 0.493 e. The van der Waals surface area contributed by atoms with Gasteiger partial charge in [0, 0.05) is 25.1 Å². The van der Waals surface area contributed by atoms with Crippen LogP contribution in [0, 0.1) is 11.7 Å². The van der Waals surface area contributed by atoms with Crippen molar-refractivity contribution in [3.8, 4) is 5.75 Å². The maximum atomic E-state index is 13.8. The molecular weight excluding hydrogens is 303 g/mol. The number of carbonyl (C=O) groups excluding carboxylic acids is 1. The molecule has 1 aromatic carbocycles. The SMILES string of the molecule is O=C1CCc2c(OCC3CCN(C(=O)O)CC3)ccc(F)c2N1. The van der Waals surface area contributed by atoms with Crippen molar-refractivity contribution in [1.82, 2.24) is 4.90 Å². The van der Waals surface area contributed by atoms with Crippen LogP contribution >= 0.6 is 0 Å². The van der Waals surface area contributed by atoms with Crippen molar-refractivity contribution in [1.29, 1.82) is 0 Å². The smallest absolute Gasteiger partial charge is 0.407 e. The molecule has 1 fully saturated rings. The molecule has 1 saturated heterocycles. The molecule has 2 aliphatic rings. The Morgan fingerprint density at radius 3 is 2.78 bits per heavy atom. The molecule has 7 heteroatoms. The average molecular weight is 322 g/mol. The van der Waals surface area contributed by atoms with Crippen LogP contribution in [0.25, 0.3) is 0 Å². The van der Waals surface area contributed by atoms with E-state index in [1.807, 2.05) is 0 Å². The number of hydrogen-bond donors (Lipinski definition) is 2. The lowest BCUT2D eigenvalue weighted by Gasteiger charge is -2.30. The number of amides is 2. The fourth-order valence-corrected chi connectivity index (χ4v) is 3.06. The first-order valence-electron chi connectivity index (χ1n) is 7.76. The lowest BCUT2D eigenvalue weighted by atomic mass is 9.98.